The molecule has 0 N–H and O–H groups in total. The van der Waals surface area contributed by atoms with Crippen LogP contribution >= 0.6 is 0 Å². The topological polar surface area (TPSA) is 19.6 Å². The molecule has 0 spiro atoms. The van der Waals surface area contributed by atoms with Gasteiger partial charge in [0.25, 0.3) is 6.71 Å². The van der Waals surface area contributed by atoms with E-state index >= 15 is 0 Å². The molecule has 2 aliphatic heterocycles. The maximum absolute atomic E-state index is 7.55. The average molecular weight is 869 g/mol. The van der Waals surface area contributed by atoms with Crippen LogP contribution in [0.4, 0.5) is 34.3 Å². The molecule has 4 aliphatic rings. The van der Waals surface area contributed by atoms with Crippen LogP contribution in [0.5, 0.6) is 0 Å². The van der Waals surface area contributed by atoms with Crippen LogP contribution in [0.2, 0.25) is 0 Å². The summed E-state index contributed by atoms with van der Waals surface area (Å²) in [5.41, 5.74) is 22.1. The van der Waals surface area contributed by atoms with Crippen LogP contribution in [0, 0.1) is 0 Å². The highest BCUT2D eigenvalue weighted by atomic mass is 16.4. The molecule has 4 heteroatoms. The minimum Gasteiger partial charge on any atom is -0.440 e. The Kier molecular flexibility index (Phi) is 9.17. The van der Waals surface area contributed by atoms with E-state index in [1.54, 1.807) is 0 Å². The van der Waals surface area contributed by atoms with Crippen LogP contribution in [0.25, 0.3) is 22.1 Å². The van der Waals surface area contributed by atoms with Crippen molar-refractivity contribution < 1.29 is 4.42 Å². The number of hydrogen-bond acceptors (Lipinski definition) is 3. The van der Waals surface area contributed by atoms with E-state index in [1.807, 2.05) is 0 Å². The van der Waals surface area contributed by atoms with Crippen molar-refractivity contribution in [3.05, 3.63) is 149 Å². The summed E-state index contributed by atoms with van der Waals surface area (Å²) in [6.07, 6.45) is 4.63. The molecule has 66 heavy (non-hydrogen) atoms. The molecule has 1 aromatic heterocycles. The number of benzene rings is 6. The van der Waals surface area contributed by atoms with E-state index in [1.165, 1.54) is 89.0 Å². The molecule has 336 valence electrons. The molecule has 0 bridgehead atoms. The van der Waals surface area contributed by atoms with Gasteiger partial charge in [-0.1, -0.05) is 158 Å². The van der Waals surface area contributed by atoms with Crippen molar-refractivity contribution in [2.24, 2.45) is 0 Å². The zero-order chi connectivity index (χ0) is 46.7. The van der Waals surface area contributed by atoms with E-state index in [-0.39, 0.29) is 39.2 Å². The molecule has 3 nitrogen and oxygen atoms in total. The highest BCUT2D eigenvalue weighted by Crippen LogP contribution is 2.53. The summed E-state index contributed by atoms with van der Waals surface area (Å²) in [6, 6.07) is 45.0. The van der Waals surface area contributed by atoms with Crippen molar-refractivity contribution in [1.82, 2.24) is 0 Å². The zero-order valence-electron chi connectivity index (χ0n) is 42.2. The summed E-state index contributed by atoms with van der Waals surface area (Å²) in [4.78, 5) is 5.11. The Balaban J connectivity index is 1.30. The van der Waals surface area contributed by atoms with Crippen LogP contribution in [-0.2, 0) is 32.5 Å². The van der Waals surface area contributed by atoms with Crippen molar-refractivity contribution >= 4 is 68.4 Å². The van der Waals surface area contributed by atoms with Gasteiger partial charge in [0.1, 0.15) is 5.58 Å². The Morgan fingerprint density at radius 3 is 1.42 bits per heavy atom. The number of anilines is 6. The third-order valence-electron chi connectivity index (χ3n) is 16.7. The lowest BCUT2D eigenvalue weighted by atomic mass is 9.33. The molecule has 0 unspecified atom stereocenters. The highest BCUT2D eigenvalue weighted by Gasteiger charge is 2.49. The maximum atomic E-state index is 7.55. The first-order chi connectivity index (χ1) is 30.9. The number of rotatable bonds is 3. The predicted octanol–water partition coefficient (Wildman–Crippen LogP) is 15.5. The second kappa shape index (κ2) is 14.0. The van der Waals surface area contributed by atoms with E-state index in [2.05, 4.69) is 222 Å². The summed E-state index contributed by atoms with van der Waals surface area (Å²) >= 11 is 0. The van der Waals surface area contributed by atoms with Crippen molar-refractivity contribution in [3.8, 4) is 11.1 Å². The largest absolute Gasteiger partial charge is 0.440 e. The monoisotopic (exact) mass is 869 g/mol. The molecule has 0 radical (unpaired) electrons. The van der Waals surface area contributed by atoms with Gasteiger partial charge >= 0.3 is 0 Å². The van der Waals surface area contributed by atoms with Crippen molar-refractivity contribution in [2.45, 2.75) is 155 Å². The first kappa shape index (κ1) is 43.1. The van der Waals surface area contributed by atoms with Gasteiger partial charge in [0, 0.05) is 39.3 Å². The van der Waals surface area contributed by atoms with Crippen molar-refractivity contribution in [3.63, 3.8) is 0 Å². The van der Waals surface area contributed by atoms with E-state index in [0.717, 1.165) is 42.8 Å². The first-order valence-corrected chi connectivity index (χ1v) is 24.8. The third kappa shape index (κ3) is 6.51. The second-order valence-electron chi connectivity index (χ2n) is 25.2. The molecule has 11 rings (SSSR count). The van der Waals surface area contributed by atoms with Crippen molar-refractivity contribution in [2.75, 3.05) is 9.80 Å². The van der Waals surface area contributed by atoms with Gasteiger partial charge in [-0.15, -0.1) is 0 Å². The minimum atomic E-state index is -0.0647. The molecule has 7 aromatic rings. The molecule has 3 heterocycles. The van der Waals surface area contributed by atoms with Gasteiger partial charge in [-0.2, -0.15) is 0 Å². The average Bonchev–Trinajstić information content (AvgIpc) is 3.64. The fourth-order valence-electron chi connectivity index (χ4n) is 12.2. The molecule has 0 saturated heterocycles. The summed E-state index contributed by atoms with van der Waals surface area (Å²) in [5.74, 6) is 0.936. The number of nitrogens with zero attached hydrogens (tertiary/aromatic N) is 2. The fraction of sp³-hybridized carbons (Fsp3) is 0.387. The standard InChI is InChI=1S/C62H69BN2O/c1-57(2,3)40-20-24-42(25-21-40)64-50-36-47-46(60(9,10)29-30-61(47,11)12)35-49(50)63-54-44-34-45-48(62(13,14)31-28-59(45,7)8)37-53(44)66-56(54)65(43-26-22-41(23-27-43)58(4,5)6)52-33-39(32-51(64)55(52)63)38-18-16-15-17-19-38/h15-27,32-37H,28-31H2,1-14H3. The maximum Gasteiger partial charge on any atom is 0.257 e. The fourth-order valence-corrected chi connectivity index (χ4v) is 12.2. The molecule has 0 atom stereocenters. The third-order valence-corrected chi connectivity index (χ3v) is 16.7. The second-order valence-corrected chi connectivity index (χ2v) is 25.2. The van der Waals surface area contributed by atoms with Gasteiger partial charge in [-0.3, -0.25) is 4.90 Å². The van der Waals surface area contributed by atoms with E-state index in [9.17, 15) is 0 Å². The zero-order valence-corrected chi connectivity index (χ0v) is 42.2. The Bertz CT molecular complexity index is 3090. The Morgan fingerprint density at radius 1 is 0.455 bits per heavy atom. The molecule has 6 aromatic carbocycles. The van der Waals surface area contributed by atoms with Gasteiger partial charge < -0.3 is 9.32 Å². The Morgan fingerprint density at radius 2 is 0.909 bits per heavy atom. The minimum absolute atomic E-state index is 0.0232. The van der Waals surface area contributed by atoms with E-state index in [4.69, 9.17) is 4.42 Å². The van der Waals surface area contributed by atoms with Crippen LogP contribution < -0.4 is 26.2 Å². The van der Waals surface area contributed by atoms with Gasteiger partial charge in [0.05, 0.1) is 0 Å². The molecular formula is C62H69BN2O. The van der Waals surface area contributed by atoms with Crippen LogP contribution in [0.15, 0.2) is 120 Å². The van der Waals surface area contributed by atoms with Crippen LogP contribution in [-0.4, -0.2) is 6.71 Å². The van der Waals surface area contributed by atoms with Gasteiger partial charge in [-0.05, 0) is 168 Å². The lowest BCUT2D eigenvalue weighted by Gasteiger charge is -2.47. The highest BCUT2D eigenvalue weighted by molar-refractivity contribution is 7.01. The smallest absolute Gasteiger partial charge is 0.257 e. The number of furan rings is 1. The Labute approximate surface area is 395 Å². The molecule has 0 saturated carbocycles. The lowest BCUT2D eigenvalue weighted by molar-refractivity contribution is 0.332. The predicted molar refractivity (Wildman–Crippen MR) is 284 cm³/mol. The van der Waals surface area contributed by atoms with Crippen molar-refractivity contribution in [1.29, 1.82) is 0 Å². The van der Waals surface area contributed by atoms with Gasteiger partial charge in [0.2, 0.25) is 5.88 Å². The van der Waals surface area contributed by atoms with Crippen LogP contribution in [0.1, 0.15) is 156 Å². The summed E-state index contributed by atoms with van der Waals surface area (Å²) in [7, 11) is 0. The van der Waals surface area contributed by atoms with Gasteiger partial charge in [-0.25, -0.2) is 0 Å². The van der Waals surface area contributed by atoms with E-state index in [0.29, 0.717) is 0 Å². The summed E-state index contributed by atoms with van der Waals surface area (Å²) in [6.45, 7) is 33.4. The molecule has 0 amide bonds. The van der Waals surface area contributed by atoms with Gasteiger partial charge in [0.15, 0.2) is 0 Å². The molecular weight excluding hydrogens is 800 g/mol. The van der Waals surface area contributed by atoms with E-state index < -0.39 is 0 Å². The normalized spacial score (nSPS) is 18.6. The number of hydrogen-bond donors (Lipinski definition) is 0. The summed E-state index contributed by atoms with van der Waals surface area (Å²) in [5, 5.41) is 1.24. The molecule has 0 fully saturated rings. The molecule has 2 aliphatic carbocycles. The SMILES string of the molecule is CC(C)(C)c1ccc(N2c3cc4c(cc3B3c5c2cc(-c2ccccc2)cc5N(c2ccc(C(C)(C)C)cc2)c2oc5cc6c(cc5c23)C(C)(C)CCC6(C)C)C(C)(C)CCC4(C)C)cc1. The first-order valence-electron chi connectivity index (χ1n) is 24.8. The number of fused-ring (bicyclic) bond motifs is 8. The van der Waals surface area contributed by atoms with Crippen LogP contribution in [0.3, 0.4) is 0 Å². The summed E-state index contributed by atoms with van der Waals surface area (Å²) < 4.78 is 7.55. The Hall–Kier alpha value is -5.48. The lowest BCUT2D eigenvalue weighted by Crippen LogP contribution is -2.61. The quantitative estimate of drug-likeness (QED) is 0.165.